The van der Waals surface area contributed by atoms with Crippen molar-refractivity contribution >= 4 is 39.8 Å². The number of hydrogen-bond acceptors (Lipinski definition) is 8. The lowest BCUT2D eigenvalue weighted by Crippen LogP contribution is -2.43. The molecule has 1 saturated carbocycles. The molecule has 2 N–H and O–H groups in total. The van der Waals surface area contributed by atoms with Crippen LogP contribution in [0.1, 0.15) is 22.7 Å². The number of aromatic nitrogens is 5. The van der Waals surface area contributed by atoms with Gasteiger partial charge in [-0.05, 0) is 24.4 Å². The fourth-order valence-electron chi connectivity index (χ4n) is 3.68. The van der Waals surface area contributed by atoms with Crippen LogP contribution in [0, 0.1) is 12.8 Å². The number of anilines is 3. The molecule has 3 aromatic rings. The van der Waals surface area contributed by atoms with E-state index in [1.54, 1.807) is 17.5 Å². The molecular weight excluding hydrogens is 392 g/mol. The second-order valence-corrected chi connectivity index (χ2v) is 9.05. The molecular formula is C16H17F2N7S2. The van der Waals surface area contributed by atoms with Gasteiger partial charge in [0.15, 0.2) is 5.13 Å². The van der Waals surface area contributed by atoms with Gasteiger partial charge in [-0.25, -0.2) is 18.7 Å². The molecule has 0 bridgehead atoms. The molecule has 142 valence electrons. The number of nitrogens with zero attached hydrogens (tertiary/aromatic N) is 5. The van der Waals surface area contributed by atoms with Crippen molar-refractivity contribution in [3.8, 4) is 11.3 Å². The number of H-pyrrole nitrogens is 1. The molecule has 7 nitrogen and oxygen atoms in total. The van der Waals surface area contributed by atoms with Gasteiger partial charge in [-0.15, -0.1) is 11.3 Å². The minimum atomic E-state index is -2.49. The first-order valence-corrected chi connectivity index (χ1v) is 10.3. The highest BCUT2D eigenvalue weighted by molar-refractivity contribution is 7.16. The lowest BCUT2D eigenvalue weighted by atomic mass is 9.81. The summed E-state index contributed by atoms with van der Waals surface area (Å²) in [6.45, 7) is 3.27. The lowest BCUT2D eigenvalue weighted by molar-refractivity contribution is -0.107. The minimum Gasteiger partial charge on any atom is -0.356 e. The lowest BCUT2D eigenvalue weighted by Gasteiger charge is -2.38. The molecule has 1 aliphatic carbocycles. The zero-order chi connectivity index (χ0) is 18.6. The van der Waals surface area contributed by atoms with E-state index in [4.69, 9.17) is 4.98 Å². The Morgan fingerprint density at radius 2 is 2.22 bits per heavy atom. The van der Waals surface area contributed by atoms with Crippen LogP contribution in [-0.4, -0.2) is 43.6 Å². The van der Waals surface area contributed by atoms with Gasteiger partial charge in [0.05, 0.1) is 17.5 Å². The van der Waals surface area contributed by atoms with Gasteiger partial charge in [0.1, 0.15) is 10.8 Å². The van der Waals surface area contributed by atoms with E-state index >= 15 is 0 Å². The number of halogens is 2. The Kier molecular flexibility index (Phi) is 3.90. The van der Waals surface area contributed by atoms with Crippen LogP contribution in [-0.2, 0) is 6.42 Å². The average Bonchev–Trinajstić information content (AvgIpc) is 3.28. The zero-order valence-electron chi connectivity index (χ0n) is 14.5. The number of fused-ring (bicyclic) bond motifs is 3. The van der Waals surface area contributed by atoms with Crippen LogP contribution in [0.25, 0.3) is 11.3 Å². The van der Waals surface area contributed by atoms with E-state index in [0.717, 1.165) is 45.1 Å². The van der Waals surface area contributed by atoms with Crippen molar-refractivity contribution in [3.05, 3.63) is 16.1 Å². The first kappa shape index (κ1) is 17.0. The number of aromatic amines is 1. The molecule has 5 rings (SSSR count). The molecule has 0 atom stereocenters. The van der Waals surface area contributed by atoms with E-state index in [1.165, 1.54) is 11.5 Å². The first-order valence-electron chi connectivity index (χ1n) is 8.70. The maximum absolute atomic E-state index is 13.2. The van der Waals surface area contributed by atoms with Crippen LogP contribution in [0.3, 0.4) is 0 Å². The molecule has 0 unspecified atom stereocenters. The highest BCUT2D eigenvalue weighted by Gasteiger charge is 2.46. The third kappa shape index (κ3) is 3.18. The maximum Gasteiger partial charge on any atom is 0.248 e. The van der Waals surface area contributed by atoms with Crippen LogP contribution >= 0.6 is 22.9 Å². The van der Waals surface area contributed by atoms with Crippen molar-refractivity contribution in [1.29, 1.82) is 0 Å². The molecule has 0 amide bonds. The fraction of sp³-hybridized carbons (Fsp3) is 0.500. The summed E-state index contributed by atoms with van der Waals surface area (Å²) in [5.41, 5.74) is 1.81. The SMILES string of the molecule is Cc1nc(Nc2nc3c(s2)CCN(CC2CC(F)(F)C2)c2[nH]ncc2-3)ns1. The van der Waals surface area contributed by atoms with Gasteiger partial charge in [-0.1, -0.05) is 0 Å². The zero-order valence-corrected chi connectivity index (χ0v) is 16.1. The third-order valence-electron chi connectivity index (χ3n) is 4.90. The van der Waals surface area contributed by atoms with Gasteiger partial charge in [0, 0.05) is 37.2 Å². The highest BCUT2D eigenvalue weighted by atomic mass is 32.1. The van der Waals surface area contributed by atoms with Crippen molar-refractivity contribution in [2.24, 2.45) is 5.92 Å². The minimum absolute atomic E-state index is 0.0245. The summed E-state index contributed by atoms with van der Waals surface area (Å²) in [6, 6.07) is 0. The molecule has 27 heavy (non-hydrogen) atoms. The van der Waals surface area contributed by atoms with Gasteiger partial charge >= 0.3 is 0 Å². The molecule has 0 radical (unpaired) electrons. The number of hydrogen-bond donors (Lipinski definition) is 2. The number of rotatable bonds is 4. The van der Waals surface area contributed by atoms with Crippen LogP contribution in [0.4, 0.5) is 25.7 Å². The van der Waals surface area contributed by atoms with Gasteiger partial charge in [-0.2, -0.15) is 9.47 Å². The predicted octanol–water partition coefficient (Wildman–Crippen LogP) is 3.84. The molecule has 0 aromatic carbocycles. The standard InChI is InChI=1S/C16H17F2N7S2/c1-8-20-14(24-27-8)22-15-21-12-10-6-19-23-13(10)25(3-2-11(12)26-15)7-9-4-16(17,18)5-9/h6,9H,2-5,7H2,1H3,(H,19,23)(H,21,22,24). The highest BCUT2D eigenvalue weighted by Crippen LogP contribution is 2.45. The summed E-state index contributed by atoms with van der Waals surface area (Å²) in [5.74, 6) is -1.04. The van der Waals surface area contributed by atoms with Crippen molar-refractivity contribution in [2.75, 3.05) is 23.3 Å². The monoisotopic (exact) mass is 409 g/mol. The van der Waals surface area contributed by atoms with Crippen molar-refractivity contribution in [1.82, 2.24) is 24.5 Å². The quantitative estimate of drug-likeness (QED) is 0.681. The van der Waals surface area contributed by atoms with Gasteiger partial charge in [0.25, 0.3) is 0 Å². The fourth-order valence-corrected chi connectivity index (χ4v) is 5.07. The molecule has 1 fully saturated rings. The summed E-state index contributed by atoms with van der Waals surface area (Å²) in [4.78, 5) is 12.3. The number of aryl methyl sites for hydroxylation is 1. The summed E-state index contributed by atoms with van der Waals surface area (Å²) in [6.07, 6.45) is 2.52. The van der Waals surface area contributed by atoms with Gasteiger partial charge < -0.3 is 4.90 Å². The smallest absolute Gasteiger partial charge is 0.248 e. The van der Waals surface area contributed by atoms with Gasteiger partial charge in [0.2, 0.25) is 11.9 Å². The number of nitrogens with one attached hydrogen (secondary N) is 2. The third-order valence-corrected chi connectivity index (χ3v) is 6.55. The molecule has 0 spiro atoms. The second kappa shape index (κ2) is 6.20. The molecule has 3 aromatic heterocycles. The number of alkyl halides is 2. The second-order valence-electron chi connectivity index (χ2n) is 7.01. The van der Waals surface area contributed by atoms with Crippen LogP contribution in [0.15, 0.2) is 6.20 Å². The molecule has 4 heterocycles. The van der Waals surface area contributed by atoms with Crippen LogP contribution < -0.4 is 10.2 Å². The topological polar surface area (TPSA) is 82.6 Å². The Hall–Kier alpha value is -2.14. The van der Waals surface area contributed by atoms with Crippen molar-refractivity contribution < 1.29 is 8.78 Å². The molecule has 2 aliphatic rings. The summed E-state index contributed by atoms with van der Waals surface area (Å²) in [5, 5.41) is 12.0. The Balaban J connectivity index is 1.39. The number of thiazole rings is 1. The average molecular weight is 409 g/mol. The Bertz CT molecular complexity index is 971. The predicted molar refractivity (Wildman–Crippen MR) is 101 cm³/mol. The van der Waals surface area contributed by atoms with E-state index in [-0.39, 0.29) is 18.8 Å². The van der Waals surface area contributed by atoms with Crippen molar-refractivity contribution in [2.45, 2.75) is 32.1 Å². The normalized spacial score (nSPS) is 18.6. The molecule has 0 saturated heterocycles. The van der Waals surface area contributed by atoms with E-state index in [0.29, 0.717) is 12.5 Å². The Morgan fingerprint density at radius 3 is 2.96 bits per heavy atom. The first-order chi connectivity index (χ1) is 13.0. The maximum atomic E-state index is 13.2. The summed E-state index contributed by atoms with van der Waals surface area (Å²) >= 11 is 2.92. The van der Waals surface area contributed by atoms with Crippen LogP contribution in [0.5, 0.6) is 0 Å². The molecule has 1 aliphatic heterocycles. The van der Waals surface area contributed by atoms with E-state index < -0.39 is 5.92 Å². The summed E-state index contributed by atoms with van der Waals surface area (Å²) < 4.78 is 30.6. The Labute approximate surface area is 162 Å². The van der Waals surface area contributed by atoms with E-state index in [1.807, 2.05) is 6.92 Å². The Morgan fingerprint density at radius 1 is 1.37 bits per heavy atom. The largest absolute Gasteiger partial charge is 0.356 e. The summed E-state index contributed by atoms with van der Waals surface area (Å²) in [7, 11) is 0. The van der Waals surface area contributed by atoms with Crippen molar-refractivity contribution in [3.63, 3.8) is 0 Å². The van der Waals surface area contributed by atoms with Gasteiger partial charge in [-0.3, -0.25) is 10.4 Å². The van der Waals surface area contributed by atoms with E-state index in [2.05, 4.69) is 29.8 Å². The van der Waals surface area contributed by atoms with Crippen LogP contribution in [0.2, 0.25) is 0 Å². The molecule has 11 heteroatoms. The van der Waals surface area contributed by atoms with E-state index in [9.17, 15) is 8.78 Å².